The van der Waals surface area contributed by atoms with E-state index in [2.05, 4.69) is 19.9 Å². The number of aromatic nitrogens is 3. The Balaban J connectivity index is 1.71. The van der Waals surface area contributed by atoms with Gasteiger partial charge in [-0.1, -0.05) is 0 Å². The third kappa shape index (κ3) is 2.69. The summed E-state index contributed by atoms with van der Waals surface area (Å²) in [5.74, 6) is 1.40. The van der Waals surface area contributed by atoms with Gasteiger partial charge in [-0.2, -0.15) is 0 Å². The maximum Gasteiger partial charge on any atom is 0.271 e. The van der Waals surface area contributed by atoms with Gasteiger partial charge in [0.1, 0.15) is 21.1 Å². The molecule has 138 valence electrons. The molecule has 5 heterocycles. The fourth-order valence-electron chi connectivity index (χ4n) is 3.59. The van der Waals surface area contributed by atoms with Crippen molar-refractivity contribution in [3.8, 4) is 0 Å². The molecule has 4 aromatic heterocycles. The molecular weight excluding hydrogens is 362 g/mol. The van der Waals surface area contributed by atoms with Gasteiger partial charge in [-0.15, -0.1) is 11.3 Å². The molecule has 0 spiro atoms. The Morgan fingerprint density at radius 1 is 1.33 bits per heavy atom. The second-order valence-electron chi connectivity index (χ2n) is 7.58. The van der Waals surface area contributed by atoms with Crippen molar-refractivity contribution in [2.24, 2.45) is 0 Å². The van der Waals surface area contributed by atoms with Crippen LogP contribution in [0.25, 0.3) is 20.4 Å². The molecule has 0 amide bonds. The zero-order valence-corrected chi connectivity index (χ0v) is 16.2. The van der Waals surface area contributed by atoms with Gasteiger partial charge in [0.05, 0.1) is 36.2 Å². The maximum atomic E-state index is 13.1. The molecule has 1 aliphatic heterocycles. The van der Waals surface area contributed by atoms with Crippen molar-refractivity contribution in [1.82, 2.24) is 14.5 Å². The number of hydrogen-bond donors (Lipinski definition) is 0. The molecule has 0 unspecified atom stereocenters. The quantitative estimate of drug-likeness (QED) is 0.528. The molecule has 7 heteroatoms. The minimum Gasteiger partial charge on any atom is -0.467 e. The van der Waals surface area contributed by atoms with Crippen LogP contribution in [0.3, 0.4) is 0 Å². The van der Waals surface area contributed by atoms with Gasteiger partial charge in [0.15, 0.2) is 0 Å². The second kappa shape index (κ2) is 5.74. The number of pyridine rings is 1. The summed E-state index contributed by atoms with van der Waals surface area (Å²) in [6.07, 6.45) is 2.38. The van der Waals surface area contributed by atoms with Crippen LogP contribution in [0.5, 0.6) is 0 Å². The Morgan fingerprint density at radius 2 is 2.19 bits per heavy atom. The highest BCUT2D eigenvalue weighted by atomic mass is 32.1. The number of furan rings is 1. The highest BCUT2D eigenvalue weighted by Crippen LogP contribution is 2.34. The lowest BCUT2D eigenvalue weighted by atomic mass is 9.95. The fourth-order valence-corrected chi connectivity index (χ4v) is 4.65. The number of ether oxygens (including phenoxy) is 1. The molecular formula is C20H19N3O3S. The Bertz CT molecular complexity index is 1240. The SMILES string of the molecule is Cc1nc2c(sc3nc4c(cc32)COC(C)(C)C4)c(=O)n1Cc1ccco1. The van der Waals surface area contributed by atoms with Crippen molar-refractivity contribution in [2.45, 2.75) is 45.9 Å². The molecule has 5 rings (SSSR count). The molecule has 0 N–H and O–H groups in total. The second-order valence-corrected chi connectivity index (χ2v) is 8.58. The zero-order valence-electron chi connectivity index (χ0n) is 15.4. The van der Waals surface area contributed by atoms with Gasteiger partial charge >= 0.3 is 0 Å². The summed E-state index contributed by atoms with van der Waals surface area (Å²) in [4.78, 5) is 23.6. The van der Waals surface area contributed by atoms with Crippen LogP contribution in [0.15, 0.2) is 33.7 Å². The van der Waals surface area contributed by atoms with Crippen LogP contribution in [0.4, 0.5) is 0 Å². The first-order chi connectivity index (χ1) is 12.9. The zero-order chi connectivity index (χ0) is 18.8. The van der Waals surface area contributed by atoms with Crippen molar-refractivity contribution in [1.29, 1.82) is 0 Å². The van der Waals surface area contributed by atoms with Gasteiger partial charge in [-0.25, -0.2) is 9.97 Å². The summed E-state index contributed by atoms with van der Waals surface area (Å²) >= 11 is 1.42. The first kappa shape index (κ1) is 16.6. The Hall–Kier alpha value is -2.51. The molecule has 0 bridgehead atoms. The molecule has 0 saturated heterocycles. The molecule has 27 heavy (non-hydrogen) atoms. The Kier molecular flexibility index (Phi) is 3.54. The van der Waals surface area contributed by atoms with Gasteiger partial charge in [-0.3, -0.25) is 9.36 Å². The van der Waals surface area contributed by atoms with Gasteiger partial charge in [-0.05, 0) is 39.0 Å². The molecule has 0 saturated carbocycles. The monoisotopic (exact) mass is 381 g/mol. The molecule has 0 radical (unpaired) electrons. The van der Waals surface area contributed by atoms with E-state index in [1.165, 1.54) is 11.3 Å². The molecule has 0 aromatic carbocycles. The molecule has 6 nitrogen and oxygen atoms in total. The molecule has 0 aliphatic carbocycles. The van der Waals surface area contributed by atoms with Crippen LogP contribution in [0.1, 0.15) is 36.7 Å². The molecule has 0 atom stereocenters. The van der Waals surface area contributed by atoms with Gasteiger partial charge in [0, 0.05) is 17.4 Å². The van der Waals surface area contributed by atoms with E-state index in [1.54, 1.807) is 10.8 Å². The third-order valence-electron chi connectivity index (χ3n) is 5.03. The summed E-state index contributed by atoms with van der Waals surface area (Å²) in [5.41, 5.74) is 2.60. The highest BCUT2D eigenvalue weighted by Gasteiger charge is 2.28. The number of aryl methyl sites for hydroxylation is 1. The predicted molar refractivity (Wildman–Crippen MR) is 104 cm³/mol. The minimum absolute atomic E-state index is 0.0496. The summed E-state index contributed by atoms with van der Waals surface area (Å²) < 4.78 is 13.6. The van der Waals surface area contributed by atoms with Crippen LogP contribution in [0.2, 0.25) is 0 Å². The smallest absolute Gasteiger partial charge is 0.271 e. The summed E-state index contributed by atoms with van der Waals surface area (Å²) in [7, 11) is 0. The molecule has 0 fully saturated rings. The van der Waals surface area contributed by atoms with Gasteiger partial charge < -0.3 is 9.15 Å². The standard InChI is InChI=1S/C20H19N3O3S/c1-11-21-16-14-7-12-10-26-20(2,3)8-15(12)22-18(14)27-17(16)19(24)23(11)9-13-5-4-6-25-13/h4-7H,8-10H2,1-3H3. The van der Waals surface area contributed by atoms with E-state index in [4.69, 9.17) is 19.1 Å². The van der Waals surface area contributed by atoms with Crippen molar-refractivity contribution in [3.05, 3.63) is 57.7 Å². The number of thiophene rings is 1. The molecule has 4 aromatic rings. The van der Waals surface area contributed by atoms with E-state index in [1.807, 2.05) is 19.1 Å². The lowest BCUT2D eigenvalue weighted by Crippen LogP contribution is -2.32. The topological polar surface area (TPSA) is 70.2 Å². The normalized spacial score (nSPS) is 16.1. The van der Waals surface area contributed by atoms with Crippen LogP contribution in [-0.4, -0.2) is 20.1 Å². The van der Waals surface area contributed by atoms with Crippen molar-refractivity contribution in [3.63, 3.8) is 0 Å². The van der Waals surface area contributed by atoms with Crippen molar-refractivity contribution >= 4 is 31.8 Å². The lowest BCUT2D eigenvalue weighted by Gasteiger charge is -2.30. The average Bonchev–Trinajstić information content (AvgIpc) is 3.24. The predicted octanol–water partition coefficient (Wildman–Crippen LogP) is 3.81. The van der Waals surface area contributed by atoms with Crippen LogP contribution in [0, 0.1) is 6.92 Å². The van der Waals surface area contributed by atoms with Crippen LogP contribution < -0.4 is 5.56 Å². The Morgan fingerprint density at radius 3 is 2.96 bits per heavy atom. The van der Waals surface area contributed by atoms with E-state index in [-0.39, 0.29) is 11.2 Å². The van der Waals surface area contributed by atoms with Gasteiger partial charge in [0.2, 0.25) is 0 Å². The fraction of sp³-hybridized carbons (Fsp3) is 0.350. The summed E-state index contributed by atoms with van der Waals surface area (Å²) in [6.45, 7) is 6.92. The van der Waals surface area contributed by atoms with E-state index < -0.39 is 0 Å². The van der Waals surface area contributed by atoms with E-state index in [9.17, 15) is 4.79 Å². The maximum absolute atomic E-state index is 13.1. The van der Waals surface area contributed by atoms with Crippen LogP contribution >= 0.6 is 11.3 Å². The summed E-state index contributed by atoms with van der Waals surface area (Å²) in [5, 5.41) is 0.933. The number of nitrogens with zero attached hydrogens (tertiary/aromatic N) is 3. The average molecular weight is 381 g/mol. The lowest BCUT2D eigenvalue weighted by molar-refractivity contribution is -0.0411. The third-order valence-corrected chi connectivity index (χ3v) is 6.11. The number of rotatable bonds is 2. The van der Waals surface area contributed by atoms with E-state index in [0.717, 1.165) is 39.2 Å². The highest BCUT2D eigenvalue weighted by molar-refractivity contribution is 7.25. The first-order valence-electron chi connectivity index (χ1n) is 8.90. The largest absolute Gasteiger partial charge is 0.467 e. The molecule has 1 aliphatic rings. The van der Waals surface area contributed by atoms with Crippen molar-refractivity contribution < 1.29 is 9.15 Å². The van der Waals surface area contributed by atoms with E-state index >= 15 is 0 Å². The first-order valence-corrected chi connectivity index (χ1v) is 9.72. The van der Waals surface area contributed by atoms with Crippen molar-refractivity contribution in [2.75, 3.05) is 0 Å². The van der Waals surface area contributed by atoms with Gasteiger partial charge in [0.25, 0.3) is 5.56 Å². The number of hydrogen-bond acceptors (Lipinski definition) is 6. The summed E-state index contributed by atoms with van der Waals surface area (Å²) in [6, 6.07) is 5.77. The minimum atomic E-state index is -0.213. The Labute approximate surface area is 159 Å². The van der Waals surface area contributed by atoms with Crippen LogP contribution in [-0.2, 0) is 24.3 Å². The van der Waals surface area contributed by atoms with E-state index in [0.29, 0.717) is 23.7 Å². The number of fused-ring (bicyclic) bond motifs is 4.